The molecule has 0 bridgehead atoms. The van der Waals surface area contributed by atoms with Crippen LogP contribution in [0.25, 0.3) is 0 Å². The predicted molar refractivity (Wildman–Crippen MR) is 93.2 cm³/mol. The van der Waals surface area contributed by atoms with E-state index in [0.29, 0.717) is 5.92 Å². The highest BCUT2D eigenvalue weighted by Gasteiger charge is 2.05. The molecular formula is C19H29N. The standard InChI is InChI=1S/C19H29N/c1-7-10-11-13-17(6)20-19(12-8-2)18(9-3)15-14-16(4)5/h7-13,16H,1,14-15H2,2-6H3/b11-10-,12-8-,17-13+,18-9+,20-19?. The summed E-state index contributed by atoms with van der Waals surface area (Å²) in [4.78, 5) is 4.72. The Balaban J connectivity index is 5.14. The van der Waals surface area contributed by atoms with Gasteiger partial charge in [0.25, 0.3) is 0 Å². The monoisotopic (exact) mass is 271 g/mol. The first kappa shape index (κ1) is 18.4. The molecule has 0 rings (SSSR count). The van der Waals surface area contributed by atoms with E-state index in [1.807, 2.05) is 38.2 Å². The lowest BCUT2D eigenvalue weighted by molar-refractivity contribution is 0.590. The Morgan fingerprint density at radius 2 is 1.90 bits per heavy atom. The van der Waals surface area contributed by atoms with Crippen molar-refractivity contribution >= 4 is 5.71 Å². The fraction of sp³-hybridized carbons (Fsp3) is 0.421. The maximum atomic E-state index is 4.72. The summed E-state index contributed by atoms with van der Waals surface area (Å²) < 4.78 is 0. The fourth-order valence-electron chi connectivity index (χ4n) is 1.74. The van der Waals surface area contributed by atoms with Crippen LogP contribution in [0.2, 0.25) is 0 Å². The van der Waals surface area contributed by atoms with Gasteiger partial charge in [-0.25, -0.2) is 0 Å². The van der Waals surface area contributed by atoms with Crippen molar-refractivity contribution in [3.05, 3.63) is 60.4 Å². The molecule has 0 aliphatic rings. The first-order valence-corrected chi connectivity index (χ1v) is 7.38. The Kier molecular flexibility index (Phi) is 10.3. The van der Waals surface area contributed by atoms with Gasteiger partial charge in [0.15, 0.2) is 0 Å². The van der Waals surface area contributed by atoms with E-state index in [1.54, 1.807) is 6.08 Å². The van der Waals surface area contributed by atoms with Crippen LogP contribution in [0.15, 0.2) is 65.4 Å². The Labute approximate surface area is 125 Å². The van der Waals surface area contributed by atoms with E-state index in [9.17, 15) is 0 Å². The van der Waals surface area contributed by atoms with Crippen LogP contribution in [-0.2, 0) is 0 Å². The van der Waals surface area contributed by atoms with Crippen molar-refractivity contribution in [1.29, 1.82) is 0 Å². The lowest BCUT2D eigenvalue weighted by atomic mass is 9.99. The molecule has 0 aromatic rings. The number of rotatable bonds is 8. The highest BCUT2D eigenvalue weighted by atomic mass is 14.7. The molecule has 0 saturated carbocycles. The molecule has 0 amide bonds. The van der Waals surface area contributed by atoms with Crippen molar-refractivity contribution in [2.24, 2.45) is 10.9 Å². The smallest absolute Gasteiger partial charge is 0.0658 e. The highest BCUT2D eigenvalue weighted by Crippen LogP contribution is 2.15. The quantitative estimate of drug-likeness (QED) is 0.377. The largest absolute Gasteiger partial charge is 0.254 e. The molecule has 20 heavy (non-hydrogen) atoms. The zero-order valence-corrected chi connectivity index (χ0v) is 13.7. The molecule has 0 spiro atoms. The van der Waals surface area contributed by atoms with E-state index in [2.05, 4.69) is 39.5 Å². The van der Waals surface area contributed by atoms with Gasteiger partial charge < -0.3 is 0 Å². The summed E-state index contributed by atoms with van der Waals surface area (Å²) in [6.07, 6.45) is 16.2. The molecular weight excluding hydrogens is 242 g/mol. The molecule has 110 valence electrons. The number of hydrogen-bond donors (Lipinski definition) is 0. The fourth-order valence-corrected chi connectivity index (χ4v) is 1.74. The van der Waals surface area contributed by atoms with Crippen LogP contribution in [0.1, 0.15) is 47.5 Å². The Morgan fingerprint density at radius 3 is 2.40 bits per heavy atom. The summed E-state index contributed by atoms with van der Waals surface area (Å²) in [6.45, 7) is 14.3. The zero-order valence-electron chi connectivity index (χ0n) is 13.7. The highest BCUT2D eigenvalue weighted by molar-refractivity contribution is 6.08. The van der Waals surface area contributed by atoms with Crippen LogP contribution in [0.3, 0.4) is 0 Å². The van der Waals surface area contributed by atoms with Crippen LogP contribution >= 0.6 is 0 Å². The van der Waals surface area contributed by atoms with Gasteiger partial charge in [-0.05, 0) is 57.3 Å². The summed E-state index contributed by atoms with van der Waals surface area (Å²) in [7, 11) is 0. The van der Waals surface area contributed by atoms with Gasteiger partial charge in [-0.15, -0.1) is 0 Å². The molecule has 0 aromatic heterocycles. The van der Waals surface area contributed by atoms with Crippen LogP contribution in [0.5, 0.6) is 0 Å². The first-order chi connectivity index (χ1) is 9.54. The lowest BCUT2D eigenvalue weighted by Gasteiger charge is -2.10. The van der Waals surface area contributed by atoms with E-state index in [0.717, 1.165) is 17.8 Å². The van der Waals surface area contributed by atoms with E-state index in [-0.39, 0.29) is 0 Å². The second kappa shape index (κ2) is 11.2. The zero-order chi connectivity index (χ0) is 15.4. The van der Waals surface area contributed by atoms with Gasteiger partial charge in [-0.1, -0.05) is 50.8 Å². The number of nitrogens with zero attached hydrogens (tertiary/aromatic N) is 1. The van der Waals surface area contributed by atoms with E-state index < -0.39 is 0 Å². The van der Waals surface area contributed by atoms with Crippen molar-refractivity contribution < 1.29 is 0 Å². The van der Waals surface area contributed by atoms with Gasteiger partial charge in [0.1, 0.15) is 0 Å². The van der Waals surface area contributed by atoms with Gasteiger partial charge in [0.2, 0.25) is 0 Å². The van der Waals surface area contributed by atoms with E-state index in [1.165, 1.54) is 12.0 Å². The molecule has 1 heteroatoms. The number of aliphatic imine (C=N–C) groups is 1. The number of allylic oxidation sites excluding steroid dienone is 9. The average Bonchev–Trinajstić information content (AvgIpc) is 2.39. The SMILES string of the molecule is C=C/C=C\C=C(/C)N=C(/C=C\C)/C(=C/C)CCC(C)C. The molecule has 0 heterocycles. The third kappa shape index (κ3) is 8.47. The van der Waals surface area contributed by atoms with Crippen molar-refractivity contribution in [1.82, 2.24) is 0 Å². The molecule has 0 atom stereocenters. The summed E-state index contributed by atoms with van der Waals surface area (Å²) in [5.41, 5.74) is 3.38. The molecule has 0 fully saturated rings. The van der Waals surface area contributed by atoms with Gasteiger partial charge in [0, 0.05) is 5.70 Å². The van der Waals surface area contributed by atoms with Crippen molar-refractivity contribution in [2.45, 2.75) is 47.5 Å². The molecule has 0 aliphatic carbocycles. The lowest BCUT2D eigenvalue weighted by Crippen LogP contribution is -2.02. The first-order valence-electron chi connectivity index (χ1n) is 7.38. The van der Waals surface area contributed by atoms with Crippen molar-refractivity contribution in [3.8, 4) is 0 Å². The maximum Gasteiger partial charge on any atom is 0.0658 e. The molecule has 0 saturated heterocycles. The van der Waals surface area contributed by atoms with Gasteiger partial charge in [-0.3, -0.25) is 4.99 Å². The van der Waals surface area contributed by atoms with Crippen molar-refractivity contribution in [2.75, 3.05) is 0 Å². The minimum atomic E-state index is 0.712. The summed E-state index contributed by atoms with van der Waals surface area (Å²) in [5.74, 6) is 0.712. The normalized spacial score (nSPS) is 14.8. The van der Waals surface area contributed by atoms with Crippen LogP contribution < -0.4 is 0 Å². The summed E-state index contributed by atoms with van der Waals surface area (Å²) >= 11 is 0. The molecule has 0 aromatic carbocycles. The minimum Gasteiger partial charge on any atom is -0.254 e. The minimum absolute atomic E-state index is 0.712. The van der Waals surface area contributed by atoms with Crippen LogP contribution in [0, 0.1) is 5.92 Å². The Morgan fingerprint density at radius 1 is 1.20 bits per heavy atom. The van der Waals surface area contributed by atoms with Crippen molar-refractivity contribution in [3.63, 3.8) is 0 Å². The van der Waals surface area contributed by atoms with Crippen LogP contribution in [0.4, 0.5) is 0 Å². The van der Waals surface area contributed by atoms with Gasteiger partial charge in [0.05, 0.1) is 5.71 Å². The third-order valence-electron chi connectivity index (χ3n) is 2.87. The topological polar surface area (TPSA) is 12.4 Å². The maximum absolute atomic E-state index is 4.72. The average molecular weight is 271 g/mol. The second-order valence-electron chi connectivity index (χ2n) is 5.17. The molecule has 0 aliphatic heterocycles. The van der Waals surface area contributed by atoms with Crippen LogP contribution in [-0.4, -0.2) is 5.71 Å². The summed E-state index contributed by atoms with van der Waals surface area (Å²) in [5, 5.41) is 0. The van der Waals surface area contributed by atoms with E-state index in [4.69, 9.17) is 4.99 Å². The number of hydrogen-bond acceptors (Lipinski definition) is 1. The third-order valence-corrected chi connectivity index (χ3v) is 2.87. The molecule has 0 N–H and O–H groups in total. The predicted octanol–water partition coefficient (Wildman–Crippen LogP) is 6.03. The molecule has 0 unspecified atom stereocenters. The van der Waals surface area contributed by atoms with Gasteiger partial charge in [-0.2, -0.15) is 0 Å². The van der Waals surface area contributed by atoms with E-state index >= 15 is 0 Å². The Bertz CT molecular complexity index is 429. The second-order valence-corrected chi connectivity index (χ2v) is 5.17. The van der Waals surface area contributed by atoms with Gasteiger partial charge >= 0.3 is 0 Å². The Hall–Kier alpha value is -1.63. The molecule has 1 nitrogen and oxygen atoms in total. The molecule has 0 radical (unpaired) electrons. The summed E-state index contributed by atoms with van der Waals surface area (Å²) in [6, 6.07) is 0.